The van der Waals surface area contributed by atoms with Crippen molar-refractivity contribution >= 4 is 11.9 Å². The molecule has 0 amide bonds. The number of carbonyl (C=O) groups is 2. The van der Waals surface area contributed by atoms with Crippen LogP contribution < -0.4 is 5.73 Å². The number of hydrogen-bond acceptors (Lipinski definition) is 3. The smallest absolute Gasteiger partial charge is 0.480 e. The molecular weight excluding hydrogens is 243 g/mol. The third-order valence-electron chi connectivity index (χ3n) is 2.44. The Balaban J connectivity index is 0.000000325. The second-order valence-corrected chi connectivity index (χ2v) is 3.71. The van der Waals surface area contributed by atoms with Gasteiger partial charge in [0.25, 0.3) is 0 Å². The van der Waals surface area contributed by atoms with Crippen LogP contribution in [-0.4, -0.2) is 34.4 Å². The highest BCUT2D eigenvalue weighted by Gasteiger charge is 2.38. The van der Waals surface area contributed by atoms with Crippen LogP contribution in [0.5, 0.6) is 0 Å². The number of aliphatic carboxylic acids is 2. The summed E-state index contributed by atoms with van der Waals surface area (Å²) in [6.07, 6.45) is -0.807. The Bertz CT molecular complexity index is 274. The standard InChI is InChI=1S/C7H13NO2.C2HF3O2/c8-6(7(9)10)5-3-1-2-4-5;3-2(4,5)1(6)7/h5-6H,1-4,8H2,(H,9,10);(H,6,7). The van der Waals surface area contributed by atoms with Crippen molar-refractivity contribution in [2.45, 2.75) is 37.9 Å². The summed E-state index contributed by atoms with van der Waals surface area (Å²) in [4.78, 5) is 19.3. The topological polar surface area (TPSA) is 101 Å². The van der Waals surface area contributed by atoms with E-state index in [2.05, 4.69) is 0 Å². The third-order valence-corrected chi connectivity index (χ3v) is 2.44. The van der Waals surface area contributed by atoms with Gasteiger partial charge in [0.1, 0.15) is 6.04 Å². The predicted octanol–water partition coefficient (Wildman–Crippen LogP) is 1.22. The number of alkyl halides is 3. The number of hydrogen-bond donors (Lipinski definition) is 3. The molecule has 1 rings (SSSR count). The van der Waals surface area contributed by atoms with Crippen molar-refractivity contribution in [2.75, 3.05) is 0 Å². The van der Waals surface area contributed by atoms with E-state index in [4.69, 9.17) is 20.7 Å². The van der Waals surface area contributed by atoms with Crippen molar-refractivity contribution in [1.29, 1.82) is 0 Å². The first-order chi connectivity index (χ1) is 7.66. The highest BCUT2D eigenvalue weighted by atomic mass is 19.4. The molecule has 4 N–H and O–H groups in total. The maximum absolute atomic E-state index is 10.6. The van der Waals surface area contributed by atoms with Crippen molar-refractivity contribution < 1.29 is 33.0 Å². The van der Waals surface area contributed by atoms with E-state index in [-0.39, 0.29) is 5.92 Å². The molecule has 8 heteroatoms. The minimum atomic E-state index is -5.08. The predicted molar refractivity (Wildman–Crippen MR) is 51.3 cm³/mol. The SMILES string of the molecule is NC(C(=O)O)C1CCCC1.O=C(O)C(F)(F)F. The second kappa shape index (κ2) is 6.43. The number of carboxylic acid groups (broad SMARTS) is 2. The molecule has 1 saturated carbocycles. The summed E-state index contributed by atoms with van der Waals surface area (Å²) in [5.74, 6) is -3.38. The molecule has 0 aromatic rings. The first-order valence-corrected chi connectivity index (χ1v) is 4.94. The van der Waals surface area contributed by atoms with E-state index in [1.54, 1.807) is 0 Å². The van der Waals surface area contributed by atoms with Crippen LogP contribution in [0.3, 0.4) is 0 Å². The van der Waals surface area contributed by atoms with Gasteiger partial charge < -0.3 is 15.9 Å². The molecular formula is C9H14F3NO4. The second-order valence-electron chi connectivity index (χ2n) is 3.71. The van der Waals surface area contributed by atoms with Gasteiger partial charge in [-0.3, -0.25) is 4.79 Å². The molecule has 1 aliphatic rings. The number of rotatable bonds is 2. The van der Waals surface area contributed by atoms with Gasteiger partial charge in [0.2, 0.25) is 0 Å². The van der Waals surface area contributed by atoms with Gasteiger partial charge in [-0.05, 0) is 18.8 Å². The van der Waals surface area contributed by atoms with Gasteiger partial charge in [-0.1, -0.05) is 12.8 Å². The number of carboxylic acids is 2. The Labute approximate surface area is 95.4 Å². The Hall–Kier alpha value is -1.31. The van der Waals surface area contributed by atoms with E-state index >= 15 is 0 Å². The van der Waals surface area contributed by atoms with Crippen molar-refractivity contribution in [3.8, 4) is 0 Å². The van der Waals surface area contributed by atoms with Crippen LogP contribution in [0.4, 0.5) is 13.2 Å². The summed E-state index contributed by atoms with van der Waals surface area (Å²) in [6, 6.07) is -0.623. The minimum Gasteiger partial charge on any atom is -0.480 e. The van der Waals surface area contributed by atoms with Gasteiger partial charge >= 0.3 is 18.1 Å². The molecule has 1 aliphatic carbocycles. The zero-order chi connectivity index (χ0) is 13.6. The zero-order valence-corrected chi connectivity index (χ0v) is 8.91. The van der Waals surface area contributed by atoms with Crippen LogP contribution >= 0.6 is 0 Å². The van der Waals surface area contributed by atoms with Crippen molar-refractivity contribution in [1.82, 2.24) is 0 Å². The largest absolute Gasteiger partial charge is 0.490 e. The molecule has 0 aromatic carbocycles. The van der Waals surface area contributed by atoms with Gasteiger partial charge in [0, 0.05) is 0 Å². The molecule has 100 valence electrons. The van der Waals surface area contributed by atoms with Crippen molar-refractivity contribution in [2.24, 2.45) is 11.7 Å². The maximum atomic E-state index is 10.6. The van der Waals surface area contributed by atoms with Crippen LogP contribution in [0.25, 0.3) is 0 Å². The fourth-order valence-electron chi connectivity index (χ4n) is 1.52. The quantitative estimate of drug-likeness (QED) is 0.690. The third kappa shape index (κ3) is 6.10. The molecule has 0 spiro atoms. The number of nitrogens with two attached hydrogens (primary N) is 1. The van der Waals surface area contributed by atoms with Crippen LogP contribution in [0.1, 0.15) is 25.7 Å². The van der Waals surface area contributed by atoms with Gasteiger partial charge in [0.15, 0.2) is 0 Å². The van der Waals surface area contributed by atoms with Crippen LogP contribution in [0.15, 0.2) is 0 Å². The lowest BCUT2D eigenvalue weighted by molar-refractivity contribution is -0.192. The average molecular weight is 257 g/mol. The average Bonchev–Trinajstić information content (AvgIpc) is 2.68. The van der Waals surface area contributed by atoms with Gasteiger partial charge in [-0.15, -0.1) is 0 Å². The Morgan fingerprint density at radius 3 is 1.76 bits per heavy atom. The summed E-state index contributed by atoms with van der Waals surface area (Å²) in [5, 5.41) is 15.6. The van der Waals surface area contributed by atoms with Gasteiger partial charge in [0.05, 0.1) is 0 Å². The van der Waals surface area contributed by atoms with Gasteiger partial charge in [-0.25, -0.2) is 4.79 Å². The summed E-state index contributed by atoms with van der Waals surface area (Å²) < 4.78 is 31.7. The first kappa shape index (κ1) is 15.7. The van der Waals surface area contributed by atoms with E-state index in [1.165, 1.54) is 0 Å². The van der Waals surface area contributed by atoms with Crippen LogP contribution in [-0.2, 0) is 9.59 Å². The maximum Gasteiger partial charge on any atom is 0.490 e. The molecule has 5 nitrogen and oxygen atoms in total. The molecule has 1 unspecified atom stereocenters. The van der Waals surface area contributed by atoms with E-state index in [9.17, 15) is 18.0 Å². The number of halogens is 3. The van der Waals surface area contributed by atoms with Crippen molar-refractivity contribution in [3.05, 3.63) is 0 Å². The van der Waals surface area contributed by atoms with Gasteiger partial charge in [-0.2, -0.15) is 13.2 Å². The van der Waals surface area contributed by atoms with E-state index < -0.39 is 24.2 Å². The highest BCUT2D eigenvalue weighted by molar-refractivity contribution is 5.73. The molecule has 1 atom stereocenters. The van der Waals surface area contributed by atoms with Crippen LogP contribution in [0, 0.1) is 5.92 Å². The lowest BCUT2D eigenvalue weighted by Crippen LogP contribution is -2.36. The van der Waals surface area contributed by atoms with Crippen molar-refractivity contribution in [3.63, 3.8) is 0 Å². The molecule has 0 aromatic heterocycles. The normalized spacial score (nSPS) is 18.1. The fourth-order valence-corrected chi connectivity index (χ4v) is 1.52. The molecule has 0 heterocycles. The Morgan fingerprint density at radius 2 is 1.53 bits per heavy atom. The van der Waals surface area contributed by atoms with E-state index in [0.29, 0.717) is 0 Å². The summed E-state index contributed by atoms with van der Waals surface area (Å²) in [5.41, 5.74) is 5.42. The molecule has 17 heavy (non-hydrogen) atoms. The Kier molecular flexibility index (Phi) is 5.94. The van der Waals surface area contributed by atoms with Crippen LogP contribution in [0.2, 0.25) is 0 Å². The monoisotopic (exact) mass is 257 g/mol. The fraction of sp³-hybridized carbons (Fsp3) is 0.778. The summed E-state index contributed by atoms with van der Waals surface area (Å²) in [7, 11) is 0. The first-order valence-electron chi connectivity index (χ1n) is 4.94. The molecule has 0 radical (unpaired) electrons. The summed E-state index contributed by atoms with van der Waals surface area (Å²) in [6.45, 7) is 0. The molecule has 0 aliphatic heterocycles. The lowest BCUT2D eigenvalue weighted by atomic mass is 9.99. The Morgan fingerprint density at radius 1 is 1.18 bits per heavy atom. The zero-order valence-electron chi connectivity index (χ0n) is 8.91. The van der Waals surface area contributed by atoms with E-state index in [1.807, 2.05) is 0 Å². The highest BCUT2D eigenvalue weighted by Crippen LogP contribution is 2.26. The minimum absolute atomic E-state index is 0.234. The summed E-state index contributed by atoms with van der Waals surface area (Å²) >= 11 is 0. The molecule has 0 saturated heterocycles. The van der Waals surface area contributed by atoms with E-state index in [0.717, 1.165) is 25.7 Å². The lowest BCUT2D eigenvalue weighted by Gasteiger charge is -2.12. The molecule has 1 fully saturated rings. The molecule has 0 bridgehead atoms.